The number of carbonyl (C=O) groups excluding carboxylic acids is 1. The Hall–Kier alpha value is -2.41. The first-order valence-corrected chi connectivity index (χ1v) is 8.78. The Bertz CT molecular complexity index is 893. The van der Waals surface area contributed by atoms with E-state index >= 15 is 0 Å². The lowest BCUT2D eigenvalue weighted by Gasteiger charge is -2.09. The topological polar surface area (TPSA) is 64.7 Å². The molecule has 25 heavy (non-hydrogen) atoms. The van der Waals surface area contributed by atoms with Crippen molar-refractivity contribution in [3.05, 3.63) is 69.2 Å². The van der Waals surface area contributed by atoms with Crippen molar-refractivity contribution in [2.24, 2.45) is 7.05 Å². The Morgan fingerprint density at radius 2 is 2.08 bits per heavy atom. The number of rotatable bonds is 5. The molecule has 0 saturated heterocycles. The van der Waals surface area contributed by atoms with Crippen molar-refractivity contribution in [3.8, 4) is 0 Å². The monoisotopic (exact) mass is 401 g/mol. The molecule has 2 aromatic heterocycles. The van der Waals surface area contributed by atoms with Gasteiger partial charge in [0, 0.05) is 18.3 Å². The maximum Gasteiger partial charge on any atom is 0.251 e. The molecule has 7 heteroatoms. The van der Waals surface area contributed by atoms with Crippen LogP contribution in [0.4, 0.5) is 0 Å². The molecule has 0 saturated carbocycles. The van der Waals surface area contributed by atoms with Crippen molar-refractivity contribution < 1.29 is 4.79 Å². The molecule has 0 fully saturated rings. The molecule has 3 aromatic rings. The molecule has 0 bridgehead atoms. The molecule has 0 radical (unpaired) electrons. The normalized spacial score (nSPS) is 10.9. The van der Waals surface area contributed by atoms with Crippen LogP contribution in [0.1, 0.15) is 33.0 Å². The maximum atomic E-state index is 12.5. The van der Waals surface area contributed by atoms with Crippen LogP contribution in [-0.4, -0.2) is 25.5 Å². The average Bonchev–Trinajstić information content (AvgIpc) is 3.07. The summed E-state index contributed by atoms with van der Waals surface area (Å²) < 4.78 is 4.57. The van der Waals surface area contributed by atoms with Crippen LogP contribution in [0.15, 0.2) is 41.0 Å². The predicted octanol–water partition coefficient (Wildman–Crippen LogP) is 2.97. The van der Waals surface area contributed by atoms with E-state index in [0.717, 1.165) is 27.1 Å². The van der Waals surface area contributed by atoms with E-state index < -0.39 is 0 Å². The second kappa shape index (κ2) is 7.23. The standard InChI is InChI=1S/C18H20BrN5O/c1-12-7-13(2)24(22-12)11-14-5-4-6-15(8-14)18(25)20-10-17-16(19)9-21-23(17)3/h4-9H,10-11H2,1-3H3,(H,20,25). The molecular weight excluding hydrogens is 382 g/mol. The van der Waals surface area contributed by atoms with Gasteiger partial charge in [-0.3, -0.25) is 14.2 Å². The highest BCUT2D eigenvalue weighted by Crippen LogP contribution is 2.15. The number of hydrogen-bond donors (Lipinski definition) is 1. The van der Waals surface area contributed by atoms with Crippen LogP contribution in [-0.2, 0) is 20.1 Å². The van der Waals surface area contributed by atoms with E-state index in [0.29, 0.717) is 18.7 Å². The first kappa shape index (κ1) is 17.4. The molecule has 0 aliphatic rings. The van der Waals surface area contributed by atoms with Crippen LogP contribution >= 0.6 is 15.9 Å². The highest BCUT2D eigenvalue weighted by atomic mass is 79.9. The fourth-order valence-corrected chi connectivity index (χ4v) is 3.21. The molecule has 2 heterocycles. The molecule has 1 amide bonds. The SMILES string of the molecule is Cc1cc(C)n(Cc2cccc(C(=O)NCc3c(Br)cnn3C)c2)n1. The van der Waals surface area contributed by atoms with Gasteiger partial charge in [-0.15, -0.1) is 0 Å². The molecular formula is C18H20BrN5O. The van der Waals surface area contributed by atoms with Gasteiger partial charge in [0.2, 0.25) is 0 Å². The lowest BCUT2D eigenvalue weighted by Crippen LogP contribution is -2.24. The zero-order valence-corrected chi connectivity index (χ0v) is 16.0. The van der Waals surface area contributed by atoms with Crippen LogP contribution in [0.3, 0.4) is 0 Å². The minimum Gasteiger partial charge on any atom is -0.346 e. The van der Waals surface area contributed by atoms with Crippen LogP contribution in [0, 0.1) is 13.8 Å². The van der Waals surface area contributed by atoms with Gasteiger partial charge in [-0.2, -0.15) is 10.2 Å². The first-order valence-electron chi connectivity index (χ1n) is 7.98. The van der Waals surface area contributed by atoms with Gasteiger partial charge in [-0.1, -0.05) is 12.1 Å². The van der Waals surface area contributed by atoms with E-state index in [1.54, 1.807) is 10.9 Å². The number of nitrogens with zero attached hydrogens (tertiary/aromatic N) is 4. The third kappa shape index (κ3) is 3.99. The average molecular weight is 402 g/mol. The number of halogens is 1. The molecule has 1 aromatic carbocycles. The van der Waals surface area contributed by atoms with Crippen molar-refractivity contribution in [1.29, 1.82) is 0 Å². The van der Waals surface area contributed by atoms with Crippen molar-refractivity contribution >= 4 is 21.8 Å². The molecule has 0 aliphatic heterocycles. The summed E-state index contributed by atoms with van der Waals surface area (Å²) in [6, 6.07) is 9.67. The molecule has 1 N–H and O–H groups in total. The van der Waals surface area contributed by atoms with Crippen LogP contribution in [0.2, 0.25) is 0 Å². The number of carbonyl (C=O) groups is 1. The van der Waals surface area contributed by atoms with Gasteiger partial charge < -0.3 is 5.32 Å². The van der Waals surface area contributed by atoms with Crippen molar-refractivity contribution in [3.63, 3.8) is 0 Å². The summed E-state index contributed by atoms with van der Waals surface area (Å²) in [5.74, 6) is -0.108. The van der Waals surface area contributed by atoms with Gasteiger partial charge >= 0.3 is 0 Å². The van der Waals surface area contributed by atoms with E-state index in [1.165, 1.54) is 0 Å². The smallest absolute Gasteiger partial charge is 0.251 e. The van der Waals surface area contributed by atoms with Gasteiger partial charge in [-0.25, -0.2) is 0 Å². The zero-order valence-electron chi connectivity index (χ0n) is 14.5. The number of benzene rings is 1. The summed E-state index contributed by atoms with van der Waals surface area (Å²) in [6.07, 6.45) is 1.72. The minimum atomic E-state index is -0.108. The number of hydrogen-bond acceptors (Lipinski definition) is 3. The van der Waals surface area contributed by atoms with E-state index in [-0.39, 0.29) is 5.91 Å². The van der Waals surface area contributed by atoms with Gasteiger partial charge in [0.25, 0.3) is 5.91 Å². The van der Waals surface area contributed by atoms with E-state index in [4.69, 9.17) is 0 Å². The van der Waals surface area contributed by atoms with Crippen LogP contribution < -0.4 is 5.32 Å². The second-order valence-electron chi connectivity index (χ2n) is 6.03. The summed E-state index contributed by atoms with van der Waals surface area (Å²) in [4.78, 5) is 12.5. The fourth-order valence-electron chi connectivity index (χ4n) is 2.72. The summed E-state index contributed by atoms with van der Waals surface area (Å²) >= 11 is 3.44. The Kier molecular flexibility index (Phi) is 5.03. The van der Waals surface area contributed by atoms with E-state index in [1.807, 2.05) is 55.9 Å². The number of amides is 1. The fraction of sp³-hybridized carbons (Fsp3) is 0.278. The van der Waals surface area contributed by atoms with Gasteiger partial charge in [0.15, 0.2) is 0 Å². The molecule has 6 nitrogen and oxygen atoms in total. The Balaban J connectivity index is 1.70. The number of aryl methyl sites for hydroxylation is 3. The first-order chi connectivity index (χ1) is 11.9. The Labute approximate surface area is 155 Å². The minimum absolute atomic E-state index is 0.108. The molecule has 130 valence electrons. The van der Waals surface area contributed by atoms with E-state index in [2.05, 4.69) is 31.4 Å². The van der Waals surface area contributed by atoms with Gasteiger partial charge in [-0.05, 0) is 53.5 Å². The van der Waals surface area contributed by atoms with Crippen LogP contribution in [0.5, 0.6) is 0 Å². The summed E-state index contributed by atoms with van der Waals surface area (Å²) in [6.45, 7) is 5.07. The zero-order chi connectivity index (χ0) is 18.0. The lowest BCUT2D eigenvalue weighted by atomic mass is 10.1. The number of nitrogens with one attached hydrogen (secondary N) is 1. The molecule has 0 unspecified atom stereocenters. The predicted molar refractivity (Wildman–Crippen MR) is 99.3 cm³/mol. The van der Waals surface area contributed by atoms with Crippen LogP contribution in [0.25, 0.3) is 0 Å². The largest absolute Gasteiger partial charge is 0.346 e. The van der Waals surface area contributed by atoms with E-state index in [9.17, 15) is 4.79 Å². The van der Waals surface area contributed by atoms with Crippen molar-refractivity contribution in [1.82, 2.24) is 24.9 Å². The summed E-state index contributed by atoms with van der Waals surface area (Å²) in [5, 5.41) is 11.6. The second-order valence-corrected chi connectivity index (χ2v) is 6.88. The Morgan fingerprint density at radius 3 is 2.72 bits per heavy atom. The van der Waals surface area contributed by atoms with Crippen molar-refractivity contribution in [2.75, 3.05) is 0 Å². The Morgan fingerprint density at radius 1 is 1.28 bits per heavy atom. The maximum absolute atomic E-state index is 12.5. The third-order valence-corrected chi connectivity index (χ3v) is 4.71. The molecule has 0 aliphatic carbocycles. The lowest BCUT2D eigenvalue weighted by molar-refractivity contribution is 0.0950. The highest BCUT2D eigenvalue weighted by molar-refractivity contribution is 9.10. The molecule has 3 rings (SSSR count). The van der Waals surface area contributed by atoms with Gasteiger partial charge in [0.05, 0.1) is 35.1 Å². The molecule has 0 atom stereocenters. The highest BCUT2D eigenvalue weighted by Gasteiger charge is 2.11. The van der Waals surface area contributed by atoms with Gasteiger partial charge in [0.1, 0.15) is 0 Å². The third-order valence-electron chi connectivity index (χ3n) is 4.05. The quantitative estimate of drug-likeness (QED) is 0.714. The molecule has 0 spiro atoms. The summed E-state index contributed by atoms with van der Waals surface area (Å²) in [5.41, 5.74) is 4.70. The van der Waals surface area contributed by atoms with Crippen molar-refractivity contribution in [2.45, 2.75) is 26.9 Å². The number of aromatic nitrogens is 4. The summed E-state index contributed by atoms with van der Waals surface area (Å²) in [7, 11) is 1.85.